The minimum Gasteiger partial charge on any atom is -0.396 e. The predicted molar refractivity (Wildman–Crippen MR) is 144 cm³/mol. The molecule has 16 nitrogen and oxygen atoms in total. The summed E-state index contributed by atoms with van der Waals surface area (Å²) in [5.74, 6) is 0.167. The number of Topliss-reactive ketones (excluding diaryl/α,β-unsaturated/α-hetero) is 1. The third-order valence-electron chi connectivity index (χ3n) is 6.10. The first kappa shape index (κ1) is 41.1. The van der Waals surface area contributed by atoms with Gasteiger partial charge in [-0.3, -0.25) is 0 Å². The molecular weight excluding hydrogens is 568 g/mol. The van der Waals surface area contributed by atoms with Gasteiger partial charge < -0.3 is 79.5 Å². The number of ether oxygens (including phenoxy) is 5. The van der Waals surface area contributed by atoms with E-state index in [2.05, 4.69) is 0 Å². The van der Waals surface area contributed by atoms with Gasteiger partial charge in [0.2, 0.25) is 0 Å². The van der Waals surface area contributed by atoms with Crippen molar-refractivity contribution in [2.45, 2.75) is 127 Å². The molecule has 16 heteroatoms. The monoisotopic (exact) mass is 620 g/mol. The molecular formula is C26H52O16. The van der Waals surface area contributed by atoms with Gasteiger partial charge in [0.05, 0.1) is 38.6 Å². The summed E-state index contributed by atoms with van der Waals surface area (Å²) in [6, 6.07) is 0. The van der Waals surface area contributed by atoms with Crippen molar-refractivity contribution >= 4 is 5.78 Å². The molecule has 42 heavy (non-hydrogen) atoms. The molecule has 9 unspecified atom stereocenters. The summed E-state index contributed by atoms with van der Waals surface area (Å²) in [4.78, 5) is 9.44. The lowest BCUT2D eigenvalue weighted by atomic mass is 9.98. The molecule has 252 valence electrons. The zero-order chi connectivity index (χ0) is 32.6. The smallest absolute Gasteiger partial charge is 0.187 e. The second-order valence-corrected chi connectivity index (χ2v) is 9.79. The summed E-state index contributed by atoms with van der Waals surface area (Å²) >= 11 is 0. The molecule has 3 saturated heterocycles. The number of hydrogen-bond donors (Lipinski definition) is 10. The van der Waals surface area contributed by atoms with Crippen molar-refractivity contribution in [1.82, 2.24) is 0 Å². The van der Waals surface area contributed by atoms with Gasteiger partial charge in [-0.2, -0.15) is 0 Å². The van der Waals surface area contributed by atoms with Crippen molar-refractivity contribution in [3.8, 4) is 0 Å². The number of hydrogen-bond acceptors (Lipinski definition) is 16. The van der Waals surface area contributed by atoms with Gasteiger partial charge >= 0.3 is 0 Å². The molecule has 10 N–H and O–H groups in total. The Morgan fingerprint density at radius 2 is 1.19 bits per heavy atom. The Kier molecular flexibility index (Phi) is 21.2. The molecule has 0 aromatic carbocycles. The molecule has 3 aliphatic heterocycles. The van der Waals surface area contributed by atoms with Crippen LogP contribution >= 0.6 is 0 Å². The maximum Gasteiger partial charge on any atom is 0.187 e. The van der Waals surface area contributed by atoms with Gasteiger partial charge in [-0.05, 0) is 20.3 Å². The van der Waals surface area contributed by atoms with Crippen molar-refractivity contribution in [3.63, 3.8) is 0 Å². The van der Waals surface area contributed by atoms with Crippen LogP contribution in [0, 0.1) is 0 Å². The lowest BCUT2D eigenvalue weighted by Crippen LogP contribution is -2.61. The van der Waals surface area contributed by atoms with E-state index in [0.717, 1.165) is 6.42 Å². The van der Waals surface area contributed by atoms with Crippen LogP contribution in [0.15, 0.2) is 0 Å². The molecule has 3 fully saturated rings. The largest absolute Gasteiger partial charge is 0.396 e. The van der Waals surface area contributed by atoms with E-state index in [-0.39, 0.29) is 25.4 Å². The highest BCUT2D eigenvalue weighted by Gasteiger charge is 2.47. The normalized spacial score (nSPS) is 39.8. The van der Waals surface area contributed by atoms with Crippen molar-refractivity contribution in [3.05, 3.63) is 0 Å². The van der Waals surface area contributed by atoms with Crippen LogP contribution in [0.1, 0.15) is 47.5 Å². The standard InChI is InChI=1S/C18H32O14.C3H6O.C3H8O.C2H6/c19-2-9-11(22)13(24)15(26)17(31-9)29-4-6-1-8(7(21)5-28-6)30-18-16(27)14(25)12(23)10(3-20)32-18;1-3(2)4;1-2-3-4;1-2/h6-27H,1-5H2;1-2H3;4H,2-3H2,1H3;1-2H3/t6?,7?,8?,9?,10?,11-,12-,13?,14?,15?,16?,17+,18+;;;/m1.../s1. The Balaban J connectivity index is 0.00000147. The third kappa shape index (κ3) is 13.0. The Hall–Kier alpha value is -0.930. The molecule has 0 bridgehead atoms. The van der Waals surface area contributed by atoms with Crippen LogP contribution in [-0.4, -0.2) is 170 Å². The van der Waals surface area contributed by atoms with Crippen molar-refractivity contribution < 1.29 is 79.5 Å². The van der Waals surface area contributed by atoms with E-state index in [1.54, 1.807) is 0 Å². The number of ketones is 1. The van der Waals surface area contributed by atoms with Gasteiger partial charge in [0.15, 0.2) is 12.6 Å². The molecule has 0 aromatic heterocycles. The van der Waals surface area contributed by atoms with Crippen molar-refractivity contribution in [2.24, 2.45) is 0 Å². The first-order valence-electron chi connectivity index (χ1n) is 14.1. The van der Waals surface area contributed by atoms with Crippen molar-refractivity contribution in [1.29, 1.82) is 0 Å². The highest BCUT2D eigenvalue weighted by molar-refractivity contribution is 5.72. The molecule has 3 heterocycles. The van der Waals surface area contributed by atoms with E-state index in [1.165, 1.54) is 13.8 Å². The van der Waals surface area contributed by atoms with E-state index in [1.807, 2.05) is 20.8 Å². The van der Waals surface area contributed by atoms with Crippen LogP contribution in [0.3, 0.4) is 0 Å². The number of aliphatic hydroxyl groups excluding tert-OH is 10. The molecule has 0 aromatic rings. The maximum absolute atomic E-state index is 10.2. The predicted octanol–water partition coefficient (Wildman–Crippen LogP) is -3.85. The van der Waals surface area contributed by atoms with E-state index >= 15 is 0 Å². The summed E-state index contributed by atoms with van der Waals surface area (Å²) in [5.41, 5.74) is 0. The van der Waals surface area contributed by atoms with Crippen LogP contribution < -0.4 is 0 Å². The lowest BCUT2D eigenvalue weighted by molar-refractivity contribution is -0.328. The summed E-state index contributed by atoms with van der Waals surface area (Å²) in [6.07, 6.45) is -16.4. The number of carbonyl (C=O) groups excluding carboxylic acids is 1. The minimum absolute atomic E-state index is 0.0353. The highest BCUT2D eigenvalue weighted by atomic mass is 16.7. The first-order valence-corrected chi connectivity index (χ1v) is 14.1. The number of carbonyl (C=O) groups is 1. The summed E-state index contributed by atoms with van der Waals surface area (Å²) < 4.78 is 27.0. The Bertz CT molecular complexity index is 691. The van der Waals surface area contributed by atoms with Gasteiger partial charge in [0.25, 0.3) is 0 Å². The van der Waals surface area contributed by atoms with E-state index in [9.17, 15) is 50.8 Å². The zero-order valence-electron chi connectivity index (χ0n) is 24.9. The van der Waals surface area contributed by atoms with Gasteiger partial charge in [-0.15, -0.1) is 0 Å². The average molecular weight is 621 g/mol. The van der Waals surface area contributed by atoms with Crippen LogP contribution in [0.25, 0.3) is 0 Å². The third-order valence-corrected chi connectivity index (χ3v) is 6.10. The molecule has 3 rings (SSSR count). The highest BCUT2D eigenvalue weighted by Crippen LogP contribution is 2.28. The maximum atomic E-state index is 10.2. The molecule has 3 aliphatic rings. The molecule has 0 amide bonds. The van der Waals surface area contributed by atoms with E-state index < -0.39 is 92.9 Å². The fraction of sp³-hybridized carbons (Fsp3) is 0.962. The lowest BCUT2D eigenvalue weighted by Gasteiger charge is -2.43. The molecule has 0 saturated carbocycles. The Labute approximate surface area is 246 Å². The summed E-state index contributed by atoms with van der Waals surface area (Å²) in [7, 11) is 0. The molecule has 0 aliphatic carbocycles. The van der Waals surface area contributed by atoms with Gasteiger partial charge in [-0.25, -0.2) is 0 Å². The van der Waals surface area contributed by atoms with Crippen LogP contribution in [0.4, 0.5) is 0 Å². The van der Waals surface area contributed by atoms with Crippen LogP contribution in [0.5, 0.6) is 0 Å². The van der Waals surface area contributed by atoms with E-state index in [4.69, 9.17) is 28.8 Å². The molecule has 13 atom stereocenters. The summed E-state index contributed by atoms with van der Waals surface area (Å²) in [5, 5.41) is 96.1. The Morgan fingerprint density at radius 1 is 0.762 bits per heavy atom. The van der Waals surface area contributed by atoms with E-state index in [0.29, 0.717) is 6.61 Å². The fourth-order valence-corrected chi connectivity index (χ4v) is 3.85. The SMILES string of the molecule is CC.CC(C)=O.CCCO.OCC1O[C@H](OCC2CC(O[C@H]3OC(CO)[C@@H](O)C(O)C3O)C(O)CO2)C(O)C(O)[C@@H]1O. The molecule has 0 radical (unpaired) electrons. The van der Waals surface area contributed by atoms with Crippen molar-refractivity contribution in [2.75, 3.05) is 33.0 Å². The molecule has 0 spiro atoms. The average Bonchev–Trinajstić information content (AvgIpc) is 2.98. The quantitative estimate of drug-likeness (QED) is 0.124. The van der Waals surface area contributed by atoms with Gasteiger partial charge in [0.1, 0.15) is 60.7 Å². The summed E-state index contributed by atoms with van der Waals surface area (Å²) in [6.45, 7) is 7.72. The second-order valence-electron chi connectivity index (χ2n) is 9.79. The minimum atomic E-state index is -1.63. The number of aliphatic hydroxyl groups is 10. The fourth-order valence-electron chi connectivity index (χ4n) is 3.85. The number of rotatable bonds is 8. The van der Waals surface area contributed by atoms with Gasteiger partial charge in [-0.1, -0.05) is 20.8 Å². The van der Waals surface area contributed by atoms with Crippen LogP contribution in [-0.2, 0) is 28.5 Å². The van der Waals surface area contributed by atoms with Crippen LogP contribution in [0.2, 0.25) is 0 Å². The second kappa shape index (κ2) is 21.7. The zero-order valence-corrected chi connectivity index (χ0v) is 24.9. The Morgan fingerprint density at radius 3 is 1.62 bits per heavy atom. The topological polar surface area (TPSA) is 266 Å². The van der Waals surface area contributed by atoms with Gasteiger partial charge in [0, 0.05) is 13.0 Å². The first-order chi connectivity index (χ1) is 19.8.